The Kier molecular flexibility index (Phi) is 6.68. The predicted molar refractivity (Wildman–Crippen MR) is 135 cm³/mol. The fourth-order valence-electron chi connectivity index (χ4n) is 4.50. The summed E-state index contributed by atoms with van der Waals surface area (Å²) in [4.78, 5) is 36.0. The first-order valence-electron chi connectivity index (χ1n) is 11.6. The number of H-pyrrole nitrogens is 1. The van der Waals surface area contributed by atoms with Crippen molar-refractivity contribution in [3.63, 3.8) is 0 Å². The van der Waals surface area contributed by atoms with Gasteiger partial charge in [-0.25, -0.2) is 4.98 Å². The molecular formula is C26H31N5O4. The molecular weight excluding hydrogens is 446 g/mol. The van der Waals surface area contributed by atoms with E-state index in [0.29, 0.717) is 53.8 Å². The van der Waals surface area contributed by atoms with Crippen molar-refractivity contribution >= 4 is 34.0 Å². The van der Waals surface area contributed by atoms with Crippen LogP contribution in [0.2, 0.25) is 0 Å². The van der Waals surface area contributed by atoms with Crippen LogP contribution in [0.15, 0.2) is 48.3 Å². The molecule has 0 saturated carbocycles. The number of methoxy groups -OCH3 is 2. The van der Waals surface area contributed by atoms with E-state index in [4.69, 9.17) is 14.5 Å². The number of nitrogens with one attached hydrogen (secondary N) is 3. The highest BCUT2D eigenvalue weighted by Gasteiger charge is 2.51. The molecule has 9 nitrogen and oxygen atoms in total. The SMILES string of the molecule is CCC(=O)NCCC1(C)C(=O)C(c2nc3ccccc3[nH]2)=C(NC)N1c1cc(OC)cc(OC)c1. The summed E-state index contributed by atoms with van der Waals surface area (Å²) in [5.41, 5.74) is 1.78. The van der Waals surface area contributed by atoms with Gasteiger partial charge in [0.2, 0.25) is 5.91 Å². The summed E-state index contributed by atoms with van der Waals surface area (Å²) in [6, 6.07) is 13.2. The number of imidazole rings is 1. The number of fused-ring (bicyclic) bond motifs is 1. The van der Waals surface area contributed by atoms with Crippen molar-refractivity contribution in [1.82, 2.24) is 20.6 Å². The van der Waals surface area contributed by atoms with E-state index in [1.807, 2.05) is 48.2 Å². The molecule has 3 N–H and O–H groups in total. The molecule has 9 heteroatoms. The number of para-hydroxylation sites is 2. The molecule has 1 aliphatic heterocycles. The number of Topliss-reactive ketones (excluding diaryl/α,β-unsaturated/α-hetero) is 1. The summed E-state index contributed by atoms with van der Waals surface area (Å²) in [5, 5.41) is 6.13. The van der Waals surface area contributed by atoms with Crippen molar-refractivity contribution in [2.24, 2.45) is 0 Å². The summed E-state index contributed by atoms with van der Waals surface area (Å²) in [6.07, 6.45) is 0.762. The highest BCUT2D eigenvalue weighted by atomic mass is 16.5. The molecule has 0 fully saturated rings. The van der Waals surface area contributed by atoms with E-state index in [1.54, 1.807) is 34.3 Å². The van der Waals surface area contributed by atoms with Gasteiger partial charge in [0, 0.05) is 38.2 Å². The van der Waals surface area contributed by atoms with Gasteiger partial charge in [0.1, 0.15) is 34.3 Å². The van der Waals surface area contributed by atoms with Gasteiger partial charge in [0.05, 0.1) is 30.9 Å². The summed E-state index contributed by atoms with van der Waals surface area (Å²) >= 11 is 0. The maximum absolute atomic E-state index is 14.1. The molecule has 2 aromatic carbocycles. The molecule has 1 atom stereocenters. The van der Waals surface area contributed by atoms with Crippen LogP contribution >= 0.6 is 0 Å². The summed E-state index contributed by atoms with van der Waals surface area (Å²) in [7, 11) is 4.95. The lowest BCUT2D eigenvalue weighted by atomic mass is 9.89. The van der Waals surface area contributed by atoms with Gasteiger partial charge in [-0.15, -0.1) is 0 Å². The van der Waals surface area contributed by atoms with Crippen molar-refractivity contribution in [3.8, 4) is 11.5 Å². The summed E-state index contributed by atoms with van der Waals surface area (Å²) < 4.78 is 11.0. The fourth-order valence-corrected chi connectivity index (χ4v) is 4.50. The van der Waals surface area contributed by atoms with Crippen molar-refractivity contribution in [3.05, 3.63) is 54.1 Å². The first-order chi connectivity index (χ1) is 16.9. The zero-order valence-corrected chi connectivity index (χ0v) is 20.7. The topological polar surface area (TPSA) is 109 Å². The number of amides is 1. The standard InChI is InChI=1S/C26H31N5O4/c1-6-21(32)28-12-11-26(2)23(33)22(24-29-19-9-7-8-10-20(19)30-24)25(27-3)31(26)16-13-17(34-4)15-18(14-16)35-5/h7-10,13-15,27H,6,11-12H2,1-5H3,(H,28,32)(H,29,30). The van der Waals surface area contributed by atoms with Gasteiger partial charge in [-0.05, 0) is 25.5 Å². The lowest BCUT2D eigenvalue weighted by Crippen LogP contribution is -2.50. The molecule has 1 aromatic heterocycles. The number of aromatic amines is 1. The number of carbonyl (C=O) groups excluding carboxylic acids is 2. The van der Waals surface area contributed by atoms with Crippen LogP contribution in [0.5, 0.6) is 11.5 Å². The molecule has 0 saturated heterocycles. The highest BCUT2D eigenvalue weighted by molar-refractivity contribution is 6.30. The van der Waals surface area contributed by atoms with E-state index in [1.165, 1.54) is 0 Å². The van der Waals surface area contributed by atoms with Crippen LogP contribution in [0.3, 0.4) is 0 Å². The van der Waals surface area contributed by atoms with E-state index < -0.39 is 5.54 Å². The minimum Gasteiger partial charge on any atom is -0.497 e. The van der Waals surface area contributed by atoms with Gasteiger partial charge >= 0.3 is 0 Å². The number of ether oxygens (including phenoxy) is 2. The molecule has 1 aliphatic rings. The third kappa shape index (κ3) is 4.29. The maximum atomic E-state index is 14.1. The molecule has 2 heterocycles. The third-order valence-electron chi connectivity index (χ3n) is 6.38. The number of carbonyl (C=O) groups is 2. The van der Waals surface area contributed by atoms with E-state index >= 15 is 0 Å². The first-order valence-corrected chi connectivity index (χ1v) is 11.6. The van der Waals surface area contributed by atoms with Crippen molar-refractivity contribution in [2.75, 3.05) is 32.7 Å². The van der Waals surface area contributed by atoms with Gasteiger partial charge in [0.15, 0.2) is 5.78 Å². The number of anilines is 1. The number of ketones is 1. The van der Waals surface area contributed by atoms with Gasteiger partial charge in [-0.1, -0.05) is 19.1 Å². The van der Waals surface area contributed by atoms with E-state index in [2.05, 4.69) is 15.6 Å². The van der Waals surface area contributed by atoms with Gasteiger partial charge in [-0.3, -0.25) is 9.59 Å². The largest absolute Gasteiger partial charge is 0.497 e. The number of hydrogen-bond acceptors (Lipinski definition) is 7. The Morgan fingerprint density at radius 2 is 1.83 bits per heavy atom. The Balaban J connectivity index is 1.88. The van der Waals surface area contributed by atoms with Crippen LogP contribution < -0.4 is 25.0 Å². The van der Waals surface area contributed by atoms with Gasteiger partial charge < -0.3 is 30.0 Å². The number of hydrogen-bond donors (Lipinski definition) is 3. The zero-order chi connectivity index (χ0) is 25.2. The van der Waals surface area contributed by atoms with Crippen LogP contribution in [0.1, 0.15) is 32.5 Å². The van der Waals surface area contributed by atoms with Crippen LogP contribution in [-0.2, 0) is 9.59 Å². The second-order valence-electron chi connectivity index (χ2n) is 8.54. The predicted octanol–water partition coefficient (Wildman–Crippen LogP) is 3.23. The zero-order valence-electron chi connectivity index (χ0n) is 20.7. The third-order valence-corrected chi connectivity index (χ3v) is 6.38. The van der Waals surface area contributed by atoms with Crippen molar-refractivity contribution < 1.29 is 19.1 Å². The second-order valence-corrected chi connectivity index (χ2v) is 8.54. The minimum absolute atomic E-state index is 0.0621. The Morgan fingerprint density at radius 1 is 1.14 bits per heavy atom. The number of rotatable bonds is 9. The molecule has 1 amide bonds. The fraction of sp³-hybridized carbons (Fsp3) is 0.346. The average molecular weight is 478 g/mol. The summed E-state index contributed by atoms with van der Waals surface area (Å²) in [6.45, 7) is 4.02. The lowest BCUT2D eigenvalue weighted by molar-refractivity contribution is -0.121. The van der Waals surface area contributed by atoms with E-state index in [0.717, 1.165) is 11.0 Å². The maximum Gasteiger partial charge on any atom is 0.219 e. The molecule has 0 radical (unpaired) electrons. The first kappa shape index (κ1) is 24.1. The Hall–Kier alpha value is -4.01. The van der Waals surface area contributed by atoms with Crippen molar-refractivity contribution in [2.45, 2.75) is 32.2 Å². The minimum atomic E-state index is -1.01. The molecule has 0 spiro atoms. The van der Waals surface area contributed by atoms with Gasteiger partial charge in [0.25, 0.3) is 0 Å². The van der Waals surface area contributed by atoms with Crippen LogP contribution in [0.25, 0.3) is 16.6 Å². The smallest absolute Gasteiger partial charge is 0.219 e. The second kappa shape index (κ2) is 9.69. The quantitative estimate of drug-likeness (QED) is 0.434. The van der Waals surface area contributed by atoms with Crippen molar-refractivity contribution in [1.29, 1.82) is 0 Å². The lowest BCUT2D eigenvalue weighted by Gasteiger charge is -2.37. The van der Waals surface area contributed by atoms with Crippen LogP contribution in [0, 0.1) is 0 Å². The van der Waals surface area contributed by atoms with E-state index in [-0.39, 0.29) is 11.7 Å². The normalized spacial score (nSPS) is 17.7. The average Bonchev–Trinajstić information content (AvgIpc) is 3.39. The number of nitrogens with zero attached hydrogens (tertiary/aromatic N) is 2. The monoisotopic (exact) mass is 477 g/mol. The Morgan fingerprint density at radius 3 is 2.43 bits per heavy atom. The molecule has 35 heavy (non-hydrogen) atoms. The molecule has 4 rings (SSSR count). The van der Waals surface area contributed by atoms with Crippen LogP contribution in [-0.4, -0.2) is 55.0 Å². The molecule has 184 valence electrons. The molecule has 0 bridgehead atoms. The summed E-state index contributed by atoms with van der Waals surface area (Å²) in [5.74, 6) is 2.12. The highest BCUT2D eigenvalue weighted by Crippen LogP contribution is 2.44. The number of benzene rings is 2. The molecule has 3 aromatic rings. The Labute approximate surface area is 204 Å². The molecule has 1 unspecified atom stereocenters. The van der Waals surface area contributed by atoms with Crippen LogP contribution in [0.4, 0.5) is 5.69 Å². The van der Waals surface area contributed by atoms with Gasteiger partial charge in [-0.2, -0.15) is 0 Å². The molecule has 0 aliphatic carbocycles. The van der Waals surface area contributed by atoms with E-state index in [9.17, 15) is 9.59 Å². The number of aromatic nitrogens is 2. The Bertz CT molecular complexity index is 1240.